The van der Waals surface area contributed by atoms with E-state index in [-0.39, 0.29) is 11.9 Å². The number of hydrogen-bond donors (Lipinski definition) is 0. The average Bonchev–Trinajstić information content (AvgIpc) is 2.48. The highest BCUT2D eigenvalue weighted by Gasteiger charge is 2.00. The molecule has 0 fully saturated rings. The molecule has 0 radical (unpaired) electrons. The van der Waals surface area contributed by atoms with Gasteiger partial charge in [0.1, 0.15) is 0 Å². The van der Waals surface area contributed by atoms with Gasteiger partial charge in [0.25, 0.3) is 0 Å². The molecule has 0 saturated carbocycles. The van der Waals surface area contributed by atoms with Gasteiger partial charge < -0.3 is 9.47 Å². The van der Waals surface area contributed by atoms with E-state index >= 15 is 0 Å². The molecule has 0 aliphatic carbocycles. The van der Waals surface area contributed by atoms with Gasteiger partial charge in [-0.05, 0) is 12.8 Å². The fourth-order valence-corrected chi connectivity index (χ4v) is 2.07. The Balaban J connectivity index is 3.10. The van der Waals surface area contributed by atoms with Gasteiger partial charge in [-0.15, -0.1) is 6.58 Å². The van der Waals surface area contributed by atoms with Gasteiger partial charge in [0.2, 0.25) is 0 Å². The van der Waals surface area contributed by atoms with E-state index in [9.17, 15) is 9.59 Å². The van der Waals surface area contributed by atoms with E-state index in [4.69, 9.17) is 4.74 Å². The lowest BCUT2D eigenvalue weighted by Crippen LogP contribution is -2.04. The summed E-state index contributed by atoms with van der Waals surface area (Å²) in [5.41, 5.74) is 0. The summed E-state index contributed by atoms with van der Waals surface area (Å²) in [5.74, 6) is -0.291. The Morgan fingerprint density at radius 2 is 1.38 bits per heavy atom. The van der Waals surface area contributed by atoms with Crippen molar-refractivity contribution in [3.05, 3.63) is 12.7 Å². The number of esters is 2. The van der Waals surface area contributed by atoms with Crippen LogP contribution in [0.4, 0.5) is 0 Å². The molecule has 0 spiro atoms. The Bertz CT molecular complexity index is 287. The van der Waals surface area contributed by atoms with Gasteiger partial charge in [-0.1, -0.05) is 51.0 Å². The van der Waals surface area contributed by atoms with Crippen LogP contribution in [0.25, 0.3) is 0 Å². The first-order valence-corrected chi connectivity index (χ1v) is 8.04. The summed E-state index contributed by atoms with van der Waals surface area (Å²) in [5, 5.41) is 0. The number of hydrogen-bond acceptors (Lipinski definition) is 4. The summed E-state index contributed by atoms with van der Waals surface area (Å²) in [6.45, 7) is 4.02. The molecule has 4 heteroatoms. The van der Waals surface area contributed by atoms with E-state index in [1.165, 1.54) is 39.2 Å². The second-order valence-electron chi connectivity index (χ2n) is 5.22. The maximum absolute atomic E-state index is 11.0. The van der Waals surface area contributed by atoms with Crippen LogP contribution in [0, 0.1) is 0 Å². The molecule has 0 aliphatic heterocycles. The molecule has 0 unspecified atom stereocenters. The molecule has 0 amide bonds. The molecule has 0 atom stereocenters. The zero-order valence-corrected chi connectivity index (χ0v) is 13.4. The first-order chi connectivity index (χ1) is 10.2. The Labute approximate surface area is 128 Å². The summed E-state index contributed by atoms with van der Waals surface area (Å²) in [4.78, 5) is 21.9. The fourth-order valence-electron chi connectivity index (χ4n) is 2.07. The molecule has 122 valence electrons. The minimum atomic E-state index is -0.183. The molecule has 0 bridgehead atoms. The van der Waals surface area contributed by atoms with Crippen molar-refractivity contribution in [1.29, 1.82) is 0 Å². The van der Waals surface area contributed by atoms with Crippen LogP contribution in [-0.2, 0) is 19.1 Å². The van der Waals surface area contributed by atoms with E-state index in [2.05, 4.69) is 11.3 Å². The molecule has 0 rings (SSSR count). The van der Waals surface area contributed by atoms with Crippen molar-refractivity contribution >= 4 is 11.9 Å². The Hall–Kier alpha value is -1.32. The van der Waals surface area contributed by atoms with Gasteiger partial charge >= 0.3 is 11.9 Å². The van der Waals surface area contributed by atoms with Crippen molar-refractivity contribution in [2.24, 2.45) is 0 Å². The van der Waals surface area contributed by atoms with E-state index in [1.807, 2.05) is 0 Å². The lowest BCUT2D eigenvalue weighted by atomic mass is 10.1. The lowest BCUT2D eigenvalue weighted by Gasteiger charge is -2.04. The third kappa shape index (κ3) is 14.9. The molecule has 0 aromatic heterocycles. The second kappa shape index (κ2) is 15.1. The normalized spacial score (nSPS) is 10.1. The van der Waals surface area contributed by atoms with Crippen LogP contribution in [0.1, 0.15) is 70.6 Å². The minimum Gasteiger partial charge on any atom is -0.469 e. The first kappa shape index (κ1) is 19.7. The van der Waals surface area contributed by atoms with E-state index in [1.54, 1.807) is 6.08 Å². The Morgan fingerprint density at radius 1 is 0.857 bits per heavy atom. The SMILES string of the molecule is C=CCC(=O)OCCCCCCCCCCCC(=O)OC. The highest BCUT2D eigenvalue weighted by Crippen LogP contribution is 2.11. The maximum atomic E-state index is 11.0. The summed E-state index contributed by atoms with van der Waals surface area (Å²) >= 11 is 0. The molecule has 21 heavy (non-hydrogen) atoms. The number of ether oxygens (including phenoxy) is 2. The Morgan fingerprint density at radius 3 is 1.90 bits per heavy atom. The standard InChI is InChI=1S/C17H30O4/c1-3-13-17(19)21-15-12-10-8-6-4-5-7-9-11-14-16(18)20-2/h3H,1,4-15H2,2H3. The molecule has 4 nitrogen and oxygen atoms in total. The van der Waals surface area contributed by atoms with Crippen LogP contribution in [-0.4, -0.2) is 25.7 Å². The monoisotopic (exact) mass is 298 g/mol. The number of rotatable bonds is 14. The van der Waals surface area contributed by atoms with Crippen LogP contribution in [0.3, 0.4) is 0 Å². The van der Waals surface area contributed by atoms with Gasteiger partial charge in [0, 0.05) is 6.42 Å². The molecular formula is C17H30O4. The largest absolute Gasteiger partial charge is 0.469 e. The van der Waals surface area contributed by atoms with Gasteiger partial charge in [-0.2, -0.15) is 0 Å². The molecule has 0 heterocycles. The van der Waals surface area contributed by atoms with Gasteiger partial charge in [-0.25, -0.2) is 0 Å². The quantitative estimate of drug-likeness (QED) is 0.274. The van der Waals surface area contributed by atoms with Gasteiger partial charge in [-0.3, -0.25) is 9.59 Å². The van der Waals surface area contributed by atoms with Crippen LogP contribution < -0.4 is 0 Å². The molecule has 0 aromatic rings. The zero-order valence-electron chi connectivity index (χ0n) is 13.4. The van der Waals surface area contributed by atoms with Crippen molar-refractivity contribution in [1.82, 2.24) is 0 Å². The topological polar surface area (TPSA) is 52.6 Å². The highest BCUT2D eigenvalue weighted by atomic mass is 16.5. The van der Waals surface area contributed by atoms with E-state index in [0.29, 0.717) is 19.4 Å². The van der Waals surface area contributed by atoms with Crippen molar-refractivity contribution in [3.63, 3.8) is 0 Å². The molecule has 0 saturated heterocycles. The summed E-state index contributed by atoms with van der Waals surface area (Å²) in [6, 6.07) is 0. The van der Waals surface area contributed by atoms with Crippen LogP contribution in [0.15, 0.2) is 12.7 Å². The zero-order chi connectivity index (χ0) is 15.8. The van der Waals surface area contributed by atoms with Crippen molar-refractivity contribution in [3.8, 4) is 0 Å². The number of methoxy groups -OCH3 is 1. The van der Waals surface area contributed by atoms with Crippen molar-refractivity contribution < 1.29 is 19.1 Å². The number of carbonyl (C=O) groups is 2. The molecule has 0 aromatic carbocycles. The van der Waals surface area contributed by atoms with Crippen LogP contribution >= 0.6 is 0 Å². The van der Waals surface area contributed by atoms with Crippen molar-refractivity contribution in [2.75, 3.05) is 13.7 Å². The smallest absolute Gasteiger partial charge is 0.309 e. The third-order valence-electron chi connectivity index (χ3n) is 3.33. The maximum Gasteiger partial charge on any atom is 0.309 e. The fraction of sp³-hybridized carbons (Fsp3) is 0.765. The predicted octanol–water partition coefficient (Wildman–Crippen LogP) is 4.18. The van der Waals surface area contributed by atoms with E-state index < -0.39 is 0 Å². The summed E-state index contributed by atoms with van der Waals surface area (Å²) in [6.07, 6.45) is 12.6. The highest BCUT2D eigenvalue weighted by molar-refractivity contribution is 5.70. The minimum absolute atomic E-state index is 0.108. The van der Waals surface area contributed by atoms with Crippen LogP contribution in [0.5, 0.6) is 0 Å². The second-order valence-corrected chi connectivity index (χ2v) is 5.22. The number of carbonyl (C=O) groups excluding carboxylic acids is 2. The average molecular weight is 298 g/mol. The Kier molecular flexibility index (Phi) is 14.1. The first-order valence-electron chi connectivity index (χ1n) is 8.04. The predicted molar refractivity (Wildman–Crippen MR) is 84.0 cm³/mol. The molecule has 0 aliphatic rings. The van der Waals surface area contributed by atoms with E-state index in [0.717, 1.165) is 25.7 Å². The number of unbranched alkanes of at least 4 members (excludes halogenated alkanes) is 8. The van der Waals surface area contributed by atoms with Crippen molar-refractivity contribution in [2.45, 2.75) is 70.6 Å². The van der Waals surface area contributed by atoms with Crippen LogP contribution in [0.2, 0.25) is 0 Å². The van der Waals surface area contributed by atoms with Gasteiger partial charge in [0.15, 0.2) is 0 Å². The molecular weight excluding hydrogens is 268 g/mol. The lowest BCUT2D eigenvalue weighted by molar-refractivity contribution is -0.143. The van der Waals surface area contributed by atoms with Gasteiger partial charge in [0.05, 0.1) is 20.1 Å². The molecule has 0 N–H and O–H groups in total. The summed E-state index contributed by atoms with van der Waals surface area (Å²) < 4.78 is 9.63. The summed E-state index contributed by atoms with van der Waals surface area (Å²) in [7, 11) is 1.43. The third-order valence-corrected chi connectivity index (χ3v) is 3.33.